The Balaban J connectivity index is 2.76. The minimum absolute atomic E-state index is 0.128. The number of phenols is 1. The van der Waals surface area contributed by atoms with Gasteiger partial charge in [0, 0.05) is 18.0 Å². The first kappa shape index (κ1) is 10.9. The van der Waals surface area contributed by atoms with Crippen LogP contribution in [-0.2, 0) is 0 Å². The van der Waals surface area contributed by atoms with Crippen molar-refractivity contribution in [3.05, 3.63) is 29.3 Å². The van der Waals surface area contributed by atoms with Gasteiger partial charge in [-0.3, -0.25) is 4.79 Å². The molecule has 3 nitrogen and oxygen atoms in total. The lowest BCUT2D eigenvalue weighted by Crippen LogP contribution is -2.25. The molecule has 14 heavy (non-hydrogen) atoms. The summed E-state index contributed by atoms with van der Waals surface area (Å²) in [6.07, 6.45) is 0. The Kier molecular flexibility index (Phi) is 3.77. The third kappa shape index (κ3) is 2.64. The monoisotopic (exact) mass is 213 g/mol. The summed E-state index contributed by atoms with van der Waals surface area (Å²) in [7, 11) is 0. The molecule has 0 aliphatic carbocycles. The van der Waals surface area contributed by atoms with Crippen LogP contribution in [0.25, 0.3) is 0 Å². The smallest absolute Gasteiger partial charge is 0.251 e. The Morgan fingerprint density at radius 2 is 2.29 bits per heavy atom. The number of carbonyl (C=O) groups excluding carboxylic acids is 1. The van der Waals surface area contributed by atoms with Crippen LogP contribution in [0.15, 0.2) is 18.2 Å². The average molecular weight is 214 g/mol. The van der Waals surface area contributed by atoms with E-state index >= 15 is 0 Å². The van der Waals surface area contributed by atoms with Crippen molar-refractivity contribution in [2.45, 2.75) is 6.92 Å². The van der Waals surface area contributed by atoms with Crippen molar-refractivity contribution < 1.29 is 9.90 Å². The molecule has 2 N–H and O–H groups in total. The minimum atomic E-state index is -0.221. The Morgan fingerprint density at radius 3 is 2.86 bits per heavy atom. The molecule has 76 valence electrons. The van der Waals surface area contributed by atoms with Gasteiger partial charge in [0.15, 0.2) is 0 Å². The van der Waals surface area contributed by atoms with Gasteiger partial charge in [-0.2, -0.15) is 0 Å². The summed E-state index contributed by atoms with van der Waals surface area (Å²) < 4.78 is 0. The van der Waals surface area contributed by atoms with Crippen LogP contribution in [0.2, 0.25) is 0 Å². The molecule has 0 aliphatic rings. The molecule has 0 saturated carbocycles. The molecular weight excluding hydrogens is 202 g/mol. The largest absolute Gasteiger partial charge is 0.508 e. The lowest BCUT2D eigenvalue weighted by atomic mass is 10.1. The van der Waals surface area contributed by atoms with Crippen LogP contribution in [0.3, 0.4) is 0 Å². The second-order valence-corrected chi connectivity index (χ2v) is 3.32. The average Bonchev–Trinajstić information content (AvgIpc) is 2.18. The van der Waals surface area contributed by atoms with Crippen LogP contribution in [0.4, 0.5) is 0 Å². The number of carbonyl (C=O) groups is 1. The quantitative estimate of drug-likeness (QED) is 0.751. The van der Waals surface area contributed by atoms with Crippen molar-refractivity contribution in [1.82, 2.24) is 5.32 Å². The lowest BCUT2D eigenvalue weighted by molar-refractivity contribution is 0.0955. The maximum absolute atomic E-state index is 11.4. The van der Waals surface area contributed by atoms with Crippen molar-refractivity contribution in [1.29, 1.82) is 0 Å². The van der Waals surface area contributed by atoms with E-state index in [0.29, 0.717) is 18.0 Å². The maximum Gasteiger partial charge on any atom is 0.251 e. The second kappa shape index (κ2) is 4.86. The molecular formula is C10H12ClNO2. The molecule has 4 heteroatoms. The Labute approximate surface area is 87.7 Å². The van der Waals surface area contributed by atoms with E-state index < -0.39 is 0 Å². The van der Waals surface area contributed by atoms with Crippen molar-refractivity contribution in [2.24, 2.45) is 0 Å². The highest BCUT2D eigenvalue weighted by Crippen LogP contribution is 2.17. The van der Waals surface area contributed by atoms with Crippen LogP contribution in [0.5, 0.6) is 5.75 Å². The molecule has 1 rings (SSSR count). The van der Waals surface area contributed by atoms with E-state index in [-0.39, 0.29) is 11.7 Å². The Bertz CT molecular complexity index is 339. The summed E-state index contributed by atoms with van der Waals surface area (Å²) in [5, 5.41) is 12.0. The summed E-state index contributed by atoms with van der Waals surface area (Å²) in [4.78, 5) is 11.4. The molecule has 0 heterocycles. The first-order valence-corrected chi connectivity index (χ1v) is 4.82. The van der Waals surface area contributed by atoms with Gasteiger partial charge in [-0.05, 0) is 24.6 Å². The third-order valence-electron chi connectivity index (χ3n) is 1.85. The summed E-state index contributed by atoms with van der Waals surface area (Å²) >= 11 is 5.43. The van der Waals surface area contributed by atoms with E-state index in [1.807, 2.05) is 0 Å². The lowest BCUT2D eigenvalue weighted by Gasteiger charge is -2.04. The van der Waals surface area contributed by atoms with Gasteiger partial charge in [-0.1, -0.05) is 6.07 Å². The number of hydrogen-bond acceptors (Lipinski definition) is 2. The summed E-state index contributed by atoms with van der Waals surface area (Å²) in [6, 6.07) is 4.81. The van der Waals surface area contributed by atoms with E-state index in [2.05, 4.69) is 5.32 Å². The molecule has 1 amide bonds. The number of alkyl halides is 1. The fourth-order valence-electron chi connectivity index (χ4n) is 1.01. The zero-order chi connectivity index (χ0) is 10.6. The number of phenolic OH excluding ortho intramolecular Hbond substituents is 1. The summed E-state index contributed by atoms with van der Waals surface area (Å²) in [6.45, 7) is 2.20. The zero-order valence-electron chi connectivity index (χ0n) is 7.88. The number of aromatic hydroxyl groups is 1. The van der Waals surface area contributed by atoms with E-state index in [9.17, 15) is 9.90 Å². The molecule has 0 aliphatic heterocycles. The number of halogens is 1. The number of rotatable bonds is 3. The van der Waals surface area contributed by atoms with Crippen molar-refractivity contribution in [3.8, 4) is 5.75 Å². The first-order valence-electron chi connectivity index (χ1n) is 4.29. The molecule has 0 bridgehead atoms. The zero-order valence-corrected chi connectivity index (χ0v) is 8.64. The van der Waals surface area contributed by atoms with Crippen LogP contribution in [0.1, 0.15) is 15.9 Å². The highest BCUT2D eigenvalue weighted by atomic mass is 35.5. The highest BCUT2D eigenvalue weighted by Gasteiger charge is 2.06. The first-order chi connectivity index (χ1) is 6.65. The number of hydrogen-bond donors (Lipinski definition) is 2. The number of benzene rings is 1. The van der Waals surface area contributed by atoms with Gasteiger partial charge in [0.1, 0.15) is 5.75 Å². The molecule has 0 aromatic heterocycles. The fourth-order valence-corrected chi connectivity index (χ4v) is 1.11. The van der Waals surface area contributed by atoms with Crippen LogP contribution in [-0.4, -0.2) is 23.4 Å². The van der Waals surface area contributed by atoms with Gasteiger partial charge in [0.25, 0.3) is 5.91 Å². The predicted octanol–water partition coefficient (Wildman–Crippen LogP) is 1.67. The van der Waals surface area contributed by atoms with E-state index in [1.165, 1.54) is 6.07 Å². The van der Waals surface area contributed by atoms with Crippen molar-refractivity contribution >= 4 is 17.5 Å². The van der Waals surface area contributed by atoms with Crippen LogP contribution >= 0.6 is 11.6 Å². The summed E-state index contributed by atoms with van der Waals surface area (Å²) in [5.41, 5.74) is 1.19. The fraction of sp³-hybridized carbons (Fsp3) is 0.300. The SMILES string of the molecule is Cc1ccc(C(=O)NCCCl)cc1O. The molecule has 0 spiro atoms. The van der Waals surface area contributed by atoms with E-state index in [1.54, 1.807) is 19.1 Å². The van der Waals surface area contributed by atoms with Crippen molar-refractivity contribution in [3.63, 3.8) is 0 Å². The van der Waals surface area contributed by atoms with Gasteiger partial charge in [0.2, 0.25) is 0 Å². The third-order valence-corrected chi connectivity index (χ3v) is 2.04. The van der Waals surface area contributed by atoms with Gasteiger partial charge in [-0.15, -0.1) is 11.6 Å². The van der Waals surface area contributed by atoms with Crippen LogP contribution < -0.4 is 5.32 Å². The number of amides is 1. The Hall–Kier alpha value is -1.22. The topological polar surface area (TPSA) is 49.3 Å². The number of aryl methyl sites for hydroxylation is 1. The van der Waals surface area contributed by atoms with Crippen molar-refractivity contribution in [2.75, 3.05) is 12.4 Å². The van der Waals surface area contributed by atoms with Gasteiger partial charge >= 0.3 is 0 Å². The maximum atomic E-state index is 11.4. The predicted molar refractivity (Wildman–Crippen MR) is 55.9 cm³/mol. The Morgan fingerprint density at radius 1 is 1.57 bits per heavy atom. The highest BCUT2D eigenvalue weighted by molar-refractivity contribution is 6.18. The molecule has 0 unspecified atom stereocenters. The molecule has 0 radical (unpaired) electrons. The molecule has 1 aromatic rings. The summed E-state index contributed by atoms with van der Waals surface area (Å²) in [5.74, 6) is 0.285. The normalized spacial score (nSPS) is 9.86. The molecule has 0 fully saturated rings. The molecule has 0 saturated heterocycles. The van der Waals surface area contributed by atoms with Gasteiger partial charge < -0.3 is 10.4 Å². The molecule has 1 aromatic carbocycles. The van der Waals surface area contributed by atoms with Crippen LogP contribution in [0, 0.1) is 6.92 Å². The number of nitrogens with one attached hydrogen (secondary N) is 1. The van der Waals surface area contributed by atoms with Gasteiger partial charge in [0.05, 0.1) is 0 Å². The van der Waals surface area contributed by atoms with E-state index in [0.717, 1.165) is 5.56 Å². The second-order valence-electron chi connectivity index (χ2n) is 2.95. The minimum Gasteiger partial charge on any atom is -0.508 e. The van der Waals surface area contributed by atoms with Gasteiger partial charge in [-0.25, -0.2) is 0 Å². The standard InChI is InChI=1S/C10H12ClNO2/c1-7-2-3-8(6-9(7)13)10(14)12-5-4-11/h2-3,6,13H,4-5H2,1H3,(H,12,14). The van der Waals surface area contributed by atoms with E-state index in [4.69, 9.17) is 11.6 Å². The molecule has 0 atom stereocenters.